The molecule has 2 aromatic rings. The second kappa shape index (κ2) is 13.2. The third-order valence-electron chi connectivity index (χ3n) is 9.78. The minimum atomic E-state index is -1.33. The number of aromatic nitrogens is 1. The van der Waals surface area contributed by atoms with Crippen molar-refractivity contribution >= 4 is 40.4 Å². The molecule has 3 amide bonds. The summed E-state index contributed by atoms with van der Waals surface area (Å²) in [6, 6.07) is 8.70. The smallest absolute Gasteiger partial charge is 0.330 e. The molecule has 0 unspecified atom stereocenters. The summed E-state index contributed by atoms with van der Waals surface area (Å²) in [5.41, 5.74) is -0.0242. The highest BCUT2D eigenvalue weighted by molar-refractivity contribution is 6.07. The number of carboxylic acid groups (broad SMARTS) is 1. The van der Waals surface area contributed by atoms with Crippen LogP contribution in [0.4, 0.5) is 5.82 Å². The number of amides is 3. The number of hydrogen-bond acceptors (Lipinski definition) is 7. The molecule has 4 atom stereocenters. The lowest BCUT2D eigenvalue weighted by atomic mass is 10.0. The minimum absolute atomic E-state index is 0.0911. The number of pyridine rings is 1. The van der Waals surface area contributed by atoms with Gasteiger partial charge in [0, 0.05) is 51.0 Å². The number of carbonyl (C=O) groups excluding carboxylic acids is 3. The number of fused-ring (bicyclic) bond motifs is 3. The van der Waals surface area contributed by atoms with Gasteiger partial charge in [0.1, 0.15) is 17.4 Å². The number of carbonyl (C=O) groups is 4. The highest BCUT2D eigenvalue weighted by Gasteiger charge is 2.61. The zero-order valence-electron chi connectivity index (χ0n) is 26.0. The first-order valence-electron chi connectivity index (χ1n) is 16.3. The fourth-order valence-corrected chi connectivity index (χ4v) is 7.11. The normalized spacial score (nSPS) is 28.3. The van der Waals surface area contributed by atoms with Crippen LogP contribution in [0.3, 0.4) is 0 Å². The van der Waals surface area contributed by atoms with Gasteiger partial charge >= 0.3 is 5.97 Å². The molecule has 1 saturated carbocycles. The van der Waals surface area contributed by atoms with E-state index in [9.17, 15) is 24.3 Å². The molecule has 3 aliphatic heterocycles. The number of anilines is 1. The van der Waals surface area contributed by atoms with Gasteiger partial charge < -0.3 is 29.9 Å². The number of nitrogens with zero attached hydrogens (tertiary/aromatic N) is 4. The lowest BCUT2D eigenvalue weighted by molar-refractivity contribution is -0.145. The van der Waals surface area contributed by atoms with E-state index in [4.69, 9.17) is 9.72 Å². The maximum Gasteiger partial charge on any atom is 0.330 e. The van der Waals surface area contributed by atoms with E-state index >= 15 is 0 Å². The summed E-state index contributed by atoms with van der Waals surface area (Å²) >= 11 is 0. The first-order chi connectivity index (χ1) is 21.8. The Labute approximate surface area is 263 Å². The van der Waals surface area contributed by atoms with Gasteiger partial charge in [-0.2, -0.15) is 0 Å². The number of hydrogen-bond donors (Lipinski definition) is 2. The number of rotatable bonds is 5. The number of morpholine rings is 1. The van der Waals surface area contributed by atoms with Gasteiger partial charge in [0.25, 0.3) is 5.91 Å². The molecule has 3 fully saturated rings. The number of benzene rings is 1. The van der Waals surface area contributed by atoms with E-state index < -0.39 is 23.5 Å². The largest absolute Gasteiger partial charge is 0.479 e. The Kier molecular flexibility index (Phi) is 9.07. The third-order valence-corrected chi connectivity index (χ3v) is 9.78. The summed E-state index contributed by atoms with van der Waals surface area (Å²) in [7, 11) is 1.75. The summed E-state index contributed by atoms with van der Waals surface area (Å²) in [4.78, 5) is 63.6. The van der Waals surface area contributed by atoms with Crippen LogP contribution in [0.25, 0.3) is 10.9 Å². The van der Waals surface area contributed by atoms with Crippen LogP contribution in [0, 0.1) is 11.8 Å². The molecule has 4 aliphatic rings. The molecule has 2 N–H and O–H groups in total. The first-order valence-corrected chi connectivity index (χ1v) is 16.3. The quantitative estimate of drug-likeness (QED) is 0.489. The van der Waals surface area contributed by atoms with Crippen LogP contribution in [0.2, 0.25) is 0 Å². The fourth-order valence-electron chi connectivity index (χ4n) is 7.11. The van der Waals surface area contributed by atoms with Crippen molar-refractivity contribution < 1.29 is 29.0 Å². The van der Waals surface area contributed by atoms with Crippen LogP contribution in [0.15, 0.2) is 42.5 Å². The van der Waals surface area contributed by atoms with E-state index in [1.165, 1.54) is 0 Å². The second-order valence-corrected chi connectivity index (χ2v) is 13.0. The molecule has 240 valence electrons. The fraction of sp³-hybridized carbons (Fsp3) is 0.559. The average Bonchev–Trinajstić information content (AvgIpc) is 3.58. The van der Waals surface area contributed by atoms with E-state index in [1.54, 1.807) is 16.8 Å². The van der Waals surface area contributed by atoms with Gasteiger partial charge in [0.05, 0.1) is 24.3 Å². The average molecular weight is 618 g/mol. The molecule has 6 rings (SSSR count). The zero-order valence-corrected chi connectivity index (χ0v) is 26.0. The van der Waals surface area contributed by atoms with Crippen LogP contribution in [-0.4, -0.2) is 102 Å². The van der Waals surface area contributed by atoms with Crippen LogP contribution < -0.4 is 10.2 Å². The number of ether oxygens (including phenoxy) is 1. The molecular formula is C34H43N5O6. The Morgan fingerprint density at radius 1 is 1.13 bits per heavy atom. The lowest BCUT2D eigenvalue weighted by Crippen LogP contribution is -2.53. The molecule has 4 heterocycles. The lowest BCUT2D eigenvalue weighted by Gasteiger charge is -2.29. The number of carboxylic acids is 1. The predicted octanol–water partition coefficient (Wildman–Crippen LogP) is 3.23. The van der Waals surface area contributed by atoms with E-state index in [1.807, 2.05) is 42.5 Å². The summed E-state index contributed by atoms with van der Waals surface area (Å²) in [6.45, 7) is 3.30. The standard InChI is InChI=1S/C34H43N5O6/c1-37(32(42)26-19-29(38-14-16-45-17-15-38)35-27-12-9-8-11-25(26)27)21-23-18-28-31(41)36-34(33(43)44)20-24(34)10-6-4-2-3-5-7-13-30(40)39(28)22-23/h6,8-12,19,23-24,28H,2-5,7,13-18,20-22H2,1H3,(H,36,41)(H,43,44)/b10-6-/t23-,24+,28-,34+/m0/s1. The number of para-hydroxylation sites is 1. The molecule has 11 nitrogen and oxygen atoms in total. The van der Waals surface area contributed by atoms with Crippen LogP contribution in [0.5, 0.6) is 0 Å². The van der Waals surface area contributed by atoms with E-state index in [-0.39, 0.29) is 23.7 Å². The van der Waals surface area contributed by atoms with Gasteiger partial charge in [0.15, 0.2) is 0 Å². The maximum atomic E-state index is 14.0. The van der Waals surface area contributed by atoms with Crippen molar-refractivity contribution in [2.45, 2.75) is 62.9 Å². The van der Waals surface area contributed by atoms with Crippen LogP contribution in [-0.2, 0) is 19.1 Å². The summed E-state index contributed by atoms with van der Waals surface area (Å²) in [5.74, 6) is -1.38. The Morgan fingerprint density at radius 3 is 2.71 bits per heavy atom. The molecular weight excluding hydrogens is 574 g/mol. The third kappa shape index (κ3) is 6.54. The molecule has 1 aromatic heterocycles. The highest BCUT2D eigenvalue weighted by Crippen LogP contribution is 2.45. The Morgan fingerprint density at radius 2 is 1.91 bits per heavy atom. The summed E-state index contributed by atoms with van der Waals surface area (Å²) < 4.78 is 5.50. The number of allylic oxidation sites excluding steroid dienone is 1. The van der Waals surface area contributed by atoms with Crippen molar-refractivity contribution in [2.24, 2.45) is 11.8 Å². The predicted molar refractivity (Wildman–Crippen MR) is 169 cm³/mol. The number of aliphatic carboxylic acids is 1. The minimum Gasteiger partial charge on any atom is -0.479 e. The number of nitrogens with one attached hydrogen (secondary N) is 1. The first kappa shape index (κ1) is 31.0. The summed E-state index contributed by atoms with van der Waals surface area (Å²) in [6.07, 6.45) is 9.52. The maximum absolute atomic E-state index is 14.0. The molecule has 2 saturated heterocycles. The molecule has 11 heteroatoms. The van der Waals surface area contributed by atoms with Crippen molar-refractivity contribution in [1.82, 2.24) is 20.1 Å². The van der Waals surface area contributed by atoms with Crippen molar-refractivity contribution in [3.8, 4) is 0 Å². The van der Waals surface area contributed by atoms with Crippen molar-refractivity contribution in [3.63, 3.8) is 0 Å². The Balaban J connectivity index is 1.21. The molecule has 1 aliphatic carbocycles. The van der Waals surface area contributed by atoms with Crippen molar-refractivity contribution in [2.75, 3.05) is 51.3 Å². The molecule has 0 bridgehead atoms. The van der Waals surface area contributed by atoms with Crippen LogP contribution in [0.1, 0.15) is 61.7 Å². The second-order valence-electron chi connectivity index (χ2n) is 13.0. The topological polar surface area (TPSA) is 132 Å². The monoisotopic (exact) mass is 617 g/mol. The molecule has 1 aromatic carbocycles. The zero-order chi connectivity index (χ0) is 31.6. The van der Waals surface area contributed by atoms with Gasteiger partial charge in [-0.25, -0.2) is 9.78 Å². The van der Waals surface area contributed by atoms with Crippen molar-refractivity contribution in [3.05, 3.63) is 48.0 Å². The Bertz CT molecular complexity index is 1490. The van der Waals surface area contributed by atoms with Crippen molar-refractivity contribution in [1.29, 1.82) is 0 Å². The van der Waals surface area contributed by atoms with Gasteiger partial charge in [-0.05, 0) is 50.2 Å². The highest BCUT2D eigenvalue weighted by atomic mass is 16.5. The van der Waals surface area contributed by atoms with E-state index in [0.717, 1.165) is 48.8 Å². The summed E-state index contributed by atoms with van der Waals surface area (Å²) in [5, 5.41) is 13.6. The van der Waals surface area contributed by atoms with E-state index in [0.29, 0.717) is 64.2 Å². The van der Waals surface area contributed by atoms with Gasteiger partial charge in [0.2, 0.25) is 11.8 Å². The SMILES string of the molecule is CN(C[C@@H]1C[C@H]2C(=O)N[C@]3(C(=O)O)C[C@H]3/C=C\CCCCCCC(=O)N2C1)C(=O)c1cc(N2CCOCC2)nc2ccccc12. The molecule has 0 radical (unpaired) electrons. The molecule has 45 heavy (non-hydrogen) atoms. The van der Waals surface area contributed by atoms with Gasteiger partial charge in [-0.3, -0.25) is 14.4 Å². The van der Waals surface area contributed by atoms with Gasteiger partial charge in [-0.1, -0.05) is 43.2 Å². The Hall–Kier alpha value is -3.99. The van der Waals surface area contributed by atoms with E-state index in [2.05, 4.69) is 10.2 Å². The molecule has 0 spiro atoms. The van der Waals surface area contributed by atoms with Crippen LogP contribution >= 0.6 is 0 Å². The van der Waals surface area contributed by atoms with Gasteiger partial charge in [-0.15, -0.1) is 0 Å².